The first-order valence-electron chi connectivity index (χ1n) is 3.55. The van der Waals surface area contributed by atoms with Crippen LogP contribution in [0.3, 0.4) is 0 Å². The van der Waals surface area contributed by atoms with Crippen molar-refractivity contribution in [2.75, 3.05) is 0 Å². The zero-order valence-electron chi connectivity index (χ0n) is 6.77. The molecule has 6 heteroatoms. The fraction of sp³-hybridized carbons (Fsp3) is 0.250. The Morgan fingerprint density at radius 2 is 2.21 bits per heavy atom. The fourth-order valence-electron chi connectivity index (χ4n) is 0.913. The monoisotopic (exact) mass is 264 g/mol. The Labute approximate surface area is 86.5 Å². The highest BCUT2D eigenvalue weighted by molar-refractivity contribution is 9.10. The number of aromatic nitrogens is 1. The summed E-state index contributed by atoms with van der Waals surface area (Å²) >= 11 is 2.93. The summed E-state index contributed by atoms with van der Waals surface area (Å²) in [7, 11) is 0. The van der Waals surface area contributed by atoms with Crippen LogP contribution in [-0.4, -0.2) is 4.98 Å². The highest BCUT2D eigenvalue weighted by atomic mass is 79.9. The van der Waals surface area contributed by atoms with Crippen molar-refractivity contribution < 1.29 is 13.2 Å². The zero-order valence-corrected chi connectivity index (χ0v) is 8.35. The van der Waals surface area contributed by atoms with Crippen LogP contribution in [0.15, 0.2) is 10.7 Å². The maximum absolute atomic E-state index is 13.2. The number of nitrogens with zero attached hydrogens (tertiary/aromatic N) is 2. The number of hydrogen-bond donors (Lipinski definition) is 0. The molecule has 0 N–H and O–H groups in total. The van der Waals surface area contributed by atoms with E-state index in [2.05, 4.69) is 20.9 Å². The summed E-state index contributed by atoms with van der Waals surface area (Å²) in [6.07, 6.45) is -2.17. The van der Waals surface area contributed by atoms with Crippen molar-refractivity contribution in [3.63, 3.8) is 0 Å². The maximum atomic E-state index is 13.2. The van der Waals surface area contributed by atoms with E-state index in [4.69, 9.17) is 5.26 Å². The Hall–Kier alpha value is -1.09. The molecule has 0 atom stereocenters. The average molecular weight is 265 g/mol. The second-order valence-corrected chi connectivity index (χ2v) is 3.27. The van der Waals surface area contributed by atoms with E-state index in [1.807, 2.05) is 0 Å². The molecule has 0 radical (unpaired) electrons. The molecule has 0 saturated heterocycles. The average Bonchev–Trinajstić information content (AvgIpc) is 2.11. The van der Waals surface area contributed by atoms with E-state index < -0.39 is 17.9 Å². The quantitative estimate of drug-likeness (QED) is 0.824. The van der Waals surface area contributed by atoms with Gasteiger partial charge in [-0.2, -0.15) is 5.26 Å². The first kappa shape index (κ1) is 11.0. The van der Waals surface area contributed by atoms with Gasteiger partial charge < -0.3 is 0 Å². The molecule has 74 valence electrons. The molecule has 0 saturated carbocycles. The highest BCUT2D eigenvalue weighted by Crippen LogP contribution is 2.26. The topological polar surface area (TPSA) is 36.7 Å². The molecule has 0 aliphatic heterocycles. The third-order valence-corrected chi connectivity index (χ3v) is 2.24. The van der Waals surface area contributed by atoms with Gasteiger partial charge in [-0.05, 0) is 15.9 Å². The molecule has 0 aliphatic carbocycles. The number of hydrogen-bond acceptors (Lipinski definition) is 2. The van der Waals surface area contributed by atoms with Crippen LogP contribution in [0, 0.1) is 17.1 Å². The lowest BCUT2D eigenvalue weighted by molar-refractivity contribution is 0.140. The molecule has 1 aromatic heterocycles. The number of pyridine rings is 1. The van der Waals surface area contributed by atoms with Gasteiger partial charge in [-0.15, -0.1) is 0 Å². The summed E-state index contributed by atoms with van der Waals surface area (Å²) in [4.78, 5) is 3.24. The maximum Gasteiger partial charge on any atom is 0.283 e. The predicted octanol–water partition coefficient (Wildman–Crippen LogP) is 2.99. The zero-order chi connectivity index (χ0) is 10.7. The predicted molar refractivity (Wildman–Crippen MR) is 46.2 cm³/mol. The van der Waals surface area contributed by atoms with Crippen molar-refractivity contribution in [1.82, 2.24) is 4.98 Å². The minimum atomic E-state index is -2.97. The van der Waals surface area contributed by atoms with E-state index in [9.17, 15) is 13.2 Å². The van der Waals surface area contributed by atoms with Crippen molar-refractivity contribution in [1.29, 1.82) is 5.26 Å². The number of alkyl halides is 2. The van der Waals surface area contributed by atoms with Crippen molar-refractivity contribution in [3.8, 4) is 6.07 Å². The third-order valence-electron chi connectivity index (χ3n) is 1.56. The van der Waals surface area contributed by atoms with E-state index in [-0.39, 0.29) is 16.5 Å². The Morgan fingerprint density at radius 3 is 2.71 bits per heavy atom. The summed E-state index contributed by atoms with van der Waals surface area (Å²) in [5.74, 6) is -1.11. The molecule has 0 fully saturated rings. The van der Waals surface area contributed by atoms with Gasteiger partial charge in [0.05, 0.1) is 12.5 Å². The minimum Gasteiger partial charge on any atom is -0.251 e. The molecule has 2 nitrogen and oxygen atoms in total. The van der Waals surface area contributed by atoms with Crippen LogP contribution in [0.4, 0.5) is 13.2 Å². The molecule has 1 aromatic rings. The van der Waals surface area contributed by atoms with Gasteiger partial charge >= 0.3 is 0 Å². The lowest BCUT2D eigenvalue weighted by Gasteiger charge is -2.05. The lowest BCUT2D eigenvalue weighted by Crippen LogP contribution is -2.01. The SMILES string of the molecule is N#CCc1c(Br)cnc(C(F)F)c1F. The van der Waals surface area contributed by atoms with E-state index in [0.29, 0.717) is 0 Å². The molecule has 0 spiro atoms. The van der Waals surface area contributed by atoms with Gasteiger partial charge in [-0.1, -0.05) is 0 Å². The standard InChI is InChI=1S/C8H4BrF3N2/c9-5-3-14-7(8(11)12)6(10)4(5)1-2-13/h3,8H,1H2. The number of halogens is 4. The van der Waals surface area contributed by atoms with Gasteiger partial charge in [0.25, 0.3) is 6.43 Å². The third kappa shape index (κ3) is 2.04. The van der Waals surface area contributed by atoms with Crippen molar-refractivity contribution in [2.24, 2.45) is 0 Å². The molecule has 0 unspecified atom stereocenters. The molecular formula is C8H4BrF3N2. The van der Waals surface area contributed by atoms with Crippen molar-refractivity contribution in [3.05, 3.63) is 27.7 Å². The number of nitriles is 1. The first-order chi connectivity index (χ1) is 6.57. The normalized spacial score (nSPS) is 10.3. The summed E-state index contributed by atoms with van der Waals surface area (Å²) in [5, 5.41) is 8.35. The van der Waals surface area contributed by atoms with E-state index in [0.717, 1.165) is 6.20 Å². The smallest absolute Gasteiger partial charge is 0.251 e. The minimum absolute atomic E-state index is 0.0854. The fourth-order valence-corrected chi connectivity index (χ4v) is 1.33. The highest BCUT2D eigenvalue weighted by Gasteiger charge is 2.19. The van der Waals surface area contributed by atoms with Crippen LogP contribution < -0.4 is 0 Å². The summed E-state index contributed by atoms with van der Waals surface area (Å²) in [5.41, 5.74) is -1.00. The van der Waals surface area contributed by atoms with Crippen LogP contribution >= 0.6 is 15.9 Å². The van der Waals surface area contributed by atoms with E-state index >= 15 is 0 Å². The van der Waals surface area contributed by atoms with Crippen LogP contribution in [-0.2, 0) is 6.42 Å². The van der Waals surface area contributed by atoms with Gasteiger partial charge in [-0.3, -0.25) is 4.98 Å². The Morgan fingerprint density at radius 1 is 1.57 bits per heavy atom. The van der Waals surface area contributed by atoms with Gasteiger partial charge in [0.15, 0.2) is 5.82 Å². The van der Waals surface area contributed by atoms with Gasteiger partial charge in [-0.25, -0.2) is 13.2 Å². The molecule has 1 heterocycles. The molecule has 0 bridgehead atoms. The molecule has 1 rings (SSSR count). The largest absolute Gasteiger partial charge is 0.283 e. The van der Waals surface area contributed by atoms with Crippen LogP contribution in [0.5, 0.6) is 0 Å². The van der Waals surface area contributed by atoms with Crippen LogP contribution in [0.2, 0.25) is 0 Å². The molecule has 14 heavy (non-hydrogen) atoms. The van der Waals surface area contributed by atoms with Crippen LogP contribution in [0.25, 0.3) is 0 Å². The van der Waals surface area contributed by atoms with E-state index in [1.54, 1.807) is 6.07 Å². The van der Waals surface area contributed by atoms with Crippen LogP contribution in [0.1, 0.15) is 17.7 Å². The Kier molecular flexibility index (Phi) is 3.47. The van der Waals surface area contributed by atoms with Crippen molar-refractivity contribution in [2.45, 2.75) is 12.8 Å². The van der Waals surface area contributed by atoms with Gasteiger partial charge in [0.2, 0.25) is 0 Å². The molecule has 0 aromatic carbocycles. The van der Waals surface area contributed by atoms with E-state index in [1.165, 1.54) is 0 Å². The van der Waals surface area contributed by atoms with Gasteiger partial charge in [0.1, 0.15) is 5.69 Å². The summed E-state index contributed by atoms with van der Waals surface area (Å²) in [6.45, 7) is 0. The molecule has 0 amide bonds. The van der Waals surface area contributed by atoms with Crippen molar-refractivity contribution >= 4 is 15.9 Å². The van der Waals surface area contributed by atoms with Gasteiger partial charge in [0, 0.05) is 16.2 Å². The summed E-state index contributed by atoms with van der Waals surface area (Å²) < 4.78 is 37.8. The number of rotatable bonds is 2. The molecular weight excluding hydrogens is 261 g/mol. The second kappa shape index (κ2) is 4.42. The Balaban J connectivity index is 3.27. The first-order valence-corrected chi connectivity index (χ1v) is 4.35. The summed E-state index contributed by atoms with van der Waals surface area (Å²) in [6, 6.07) is 1.69. The second-order valence-electron chi connectivity index (χ2n) is 2.42. The Bertz CT molecular complexity index is 387. The molecule has 0 aliphatic rings. The lowest BCUT2D eigenvalue weighted by atomic mass is 10.1.